The van der Waals surface area contributed by atoms with Crippen molar-refractivity contribution in [2.45, 2.75) is 6.92 Å². The second kappa shape index (κ2) is 6.22. The summed E-state index contributed by atoms with van der Waals surface area (Å²) in [6.07, 6.45) is 1.12. The van der Waals surface area contributed by atoms with Crippen LogP contribution in [0.25, 0.3) is 0 Å². The van der Waals surface area contributed by atoms with E-state index in [4.69, 9.17) is 11.6 Å². The summed E-state index contributed by atoms with van der Waals surface area (Å²) in [6.45, 7) is 1.64. The van der Waals surface area contributed by atoms with Gasteiger partial charge in [-0.25, -0.2) is 10.4 Å². The smallest absolute Gasteiger partial charge is 0.312 e. The van der Waals surface area contributed by atoms with E-state index < -0.39 is 16.4 Å². The van der Waals surface area contributed by atoms with Crippen LogP contribution >= 0.6 is 11.6 Å². The van der Waals surface area contributed by atoms with Gasteiger partial charge in [0.2, 0.25) is 11.7 Å². The molecule has 3 N–H and O–H groups in total. The van der Waals surface area contributed by atoms with Crippen molar-refractivity contribution in [3.05, 3.63) is 54.9 Å². The fourth-order valence-electron chi connectivity index (χ4n) is 1.64. The molecule has 9 nitrogen and oxygen atoms in total. The number of aromatic amines is 1. The maximum absolute atomic E-state index is 11.2. The number of benzene rings is 1. The van der Waals surface area contributed by atoms with Gasteiger partial charge in [-0.2, -0.15) is 5.10 Å². The minimum Gasteiger partial charge on any atom is -0.502 e. The van der Waals surface area contributed by atoms with Crippen LogP contribution in [0.2, 0.25) is 5.02 Å². The van der Waals surface area contributed by atoms with Crippen molar-refractivity contribution >= 4 is 29.5 Å². The maximum atomic E-state index is 11.2. The second-order valence-electron chi connectivity index (χ2n) is 4.23. The van der Waals surface area contributed by atoms with E-state index in [1.54, 1.807) is 6.92 Å². The van der Waals surface area contributed by atoms with Crippen LogP contribution in [0.4, 0.5) is 11.6 Å². The molecule has 0 aliphatic heterocycles. The van der Waals surface area contributed by atoms with Crippen LogP contribution in [-0.2, 0) is 0 Å². The van der Waals surface area contributed by atoms with E-state index in [0.717, 1.165) is 12.3 Å². The molecule has 1 aromatic heterocycles. The molecule has 0 spiro atoms. The highest BCUT2D eigenvalue weighted by atomic mass is 35.5. The Hall–Kier alpha value is -2.94. The number of hydrogen-bond donors (Lipinski definition) is 3. The molecule has 0 aliphatic rings. The Bertz CT molecular complexity index is 818. The molecule has 1 aromatic carbocycles. The molecule has 0 saturated heterocycles. The third-order valence-electron chi connectivity index (χ3n) is 2.52. The third kappa shape index (κ3) is 3.58. The standard InChI is InChI=1S/C12H10ClN5O4/c1-6-2-10(19)16-12(15-6)17-14-5-7-3-8(13)4-9(11(7)20)18(21)22/h2-5,20H,1H3,(H2,15,16,17,19)/b14-5+. The lowest BCUT2D eigenvalue weighted by atomic mass is 10.2. The van der Waals surface area contributed by atoms with Gasteiger partial charge in [-0.3, -0.25) is 19.9 Å². The Morgan fingerprint density at radius 2 is 2.23 bits per heavy atom. The van der Waals surface area contributed by atoms with Gasteiger partial charge in [0, 0.05) is 28.4 Å². The van der Waals surface area contributed by atoms with Crippen molar-refractivity contribution in [2.75, 3.05) is 5.43 Å². The normalized spacial score (nSPS) is 10.8. The van der Waals surface area contributed by atoms with Crippen molar-refractivity contribution in [3.8, 4) is 5.75 Å². The number of aryl methyl sites for hydroxylation is 1. The molecule has 22 heavy (non-hydrogen) atoms. The molecule has 0 bridgehead atoms. The summed E-state index contributed by atoms with van der Waals surface area (Å²) < 4.78 is 0. The number of nitro benzene ring substituents is 1. The van der Waals surface area contributed by atoms with Gasteiger partial charge < -0.3 is 5.11 Å². The number of anilines is 1. The summed E-state index contributed by atoms with van der Waals surface area (Å²) in [5.74, 6) is -0.470. The van der Waals surface area contributed by atoms with Gasteiger partial charge in [0.15, 0.2) is 0 Å². The molecular formula is C12H10ClN5O4. The molecular weight excluding hydrogens is 314 g/mol. The fraction of sp³-hybridized carbons (Fsp3) is 0.0833. The highest BCUT2D eigenvalue weighted by Crippen LogP contribution is 2.32. The van der Waals surface area contributed by atoms with E-state index in [2.05, 4.69) is 20.5 Å². The van der Waals surface area contributed by atoms with Gasteiger partial charge in [-0.1, -0.05) is 11.6 Å². The van der Waals surface area contributed by atoms with Gasteiger partial charge in [-0.15, -0.1) is 0 Å². The largest absolute Gasteiger partial charge is 0.502 e. The molecule has 0 saturated carbocycles. The average molecular weight is 324 g/mol. The molecule has 114 valence electrons. The zero-order chi connectivity index (χ0) is 16.3. The van der Waals surface area contributed by atoms with Crippen molar-refractivity contribution in [3.63, 3.8) is 0 Å². The average Bonchev–Trinajstić information content (AvgIpc) is 2.40. The summed E-state index contributed by atoms with van der Waals surface area (Å²) in [5.41, 5.74) is 2.09. The minimum atomic E-state index is -0.758. The van der Waals surface area contributed by atoms with Gasteiger partial charge >= 0.3 is 5.69 Å². The van der Waals surface area contributed by atoms with E-state index >= 15 is 0 Å². The maximum Gasteiger partial charge on any atom is 0.312 e. The number of phenols is 1. The summed E-state index contributed by atoms with van der Waals surface area (Å²) >= 11 is 5.75. The molecule has 0 atom stereocenters. The van der Waals surface area contributed by atoms with E-state index in [1.807, 2.05) is 0 Å². The summed E-state index contributed by atoms with van der Waals surface area (Å²) in [4.78, 5) is 27.6. The molecule has 0 unspecified atom stereocenters. The van der Waals surface area contributed by atoms with Crippen molar-refractivity contribution in [1.82, 2.24) is 9.97 Å². The number of nitrogens with zero attached hydrogens (tertiary/aromatic N) is 3. The Balaban J connectivity index is 2.27. The van der Waals surface area contributed by atoms with E-state index in [0.29, 0.717) is 5.69 Å². The SMILES string of the molecule is Cc1cc(=O)[nH]c(N/N=C/c2cc(Cl)cc([N+](=O)[O-])c2O)n1. The number of halogens is 1. The Kier molecular flexibility index (Phi) is 4.37. The van der Waals surface area contributed by atoms with Crippen molar-refractivity contribution < 1.29 is 10.0 Å². The van der Waals surface area contributed by atoms with Crippen LogP contribution in [0.1, 0.15) is 11.3 Å². The first-order valence-electron chi connectivity index (χ1n) is 5.91. The van der Waals surface area contributed by atoms with Crippen LogP contribution < -0.4 is 11.0 Å². The summed E-state index contributed by atoms with van der Waals surface area (Å²) in [6, 6.07) is 3.64. The van der Waals surface area contributed by atoms with Crippen LogP contribution in [-0.4, -0.2) is 26.2 Å². The molecule has 10 heteroatoms. The van der Waals surface area contributed by atoms with E-state index in [-0.39, 0.29) is 22.1 Å². The number of phenolic OH excluding ortho intramolecular Hbond substituents is 1. The number of rotatable bonds is 4. The van der Waals surface area contributed by atoms with E-state index in [9.17, 15) is 20.0 Å². The van der Waals surface area contributed by atoms with Crippen LogP contribution in [0.3, 0.4) is 0 Å². The number of aromatic hydroxyl groups is 1. The predicted molar refractivity (Wildman–Crippen MR) is 80.6 cm³/mol. The number of hydrazone groups is 1. The van der Waals surface area contributed by atoms with Gasteiger partial charge in [0.1, 0.15) is 0 Å². The fourth-order valence-corrected chi connectivity index (χ4v) is 1.86. The lowest BCUT2D eigenvalue weighted by Gasteiger charge is -2.02. The number of H-pyrrole nitrogens is 1. The number of nitro groups is 1. The quantitative estimate of drug-likeness (QED) is 0.446. The zero-order valence-electron chi connectivity index (χ0n) is 11.2. The number of hydrogen-bond acceptors (Lipinski definition) is 7. The number of aromatic nitrogens is 2. The molecule has 2 aromatic rings. The highest BCUT2D eigenvalue weighted by molar-refractivity contribution is 6.31. The Labute approximate surface area is 128 Å². The summed E-state index contributed by atoms with van der Waals surface area (Å²) in [7, 11) is 0. The molecule has 0 fully saturated rings. The Morgan fingerprint density at radius 1 is 1.50 bits per heavy atom. The molecule has 1 heterocycles. The van der Waals surface area contributed by atoms with E-state index in [1.165, 1.54) is 12.1 Å². The minimum absolute atomic E-state index is 0.0432. The van der Waals surface area contributed by atoms with Gasteiger partial charge in [0.05, 0.1) is 11.1 Å². The topological polar surface area (TPSA) is 134 Å². The van der Waals surface area contributed by atoms with Crippen LogP contribution in [0, 0.1) is 17.0 Å². The first-order valence-corrected chi connectivity index (χ1v) is 6.28. The molecule has 0 amide bonds. The Morgan fingerprint density at radius 3 is 2.86 bits per heavy atom. The zero-order valence-corrected chi connectivity index (χ0v) is 12.0. The molecule has 0 radical (unpaired) electrons. The predicted octanol–water partition coefficient (Wildman–Crippen LogP) is 1.79. The molecule has 0 aliphatic carbocycles. The third-order valence-corrected chi connectivity index (χ3v) is 2.74. The van der Waals surface area contributed by atoms with Gasteiger partial charge in [-0.05, 0) is 13.0 Å². The first-order chi connectivity index (χ1) is 10.4. The van der Waals surface area contributed by atoms with Gasteiger partial charge in [0.25, 0.3) is 5.56 Å². The van der Waals surface area contributed by atoms with Crippen molar-refractivity contribution in [1.29, 1.82) is 0 Å². The monoisotopic (exact) mass is 323 g/mol. The highest BCUT2D eigenvalue weighted by Gasteiger charge is 2.17. The summed E-state index contributed by atoms with van der Waals surface area (Å²) in [5, 5.41) is 24.4. The van der Waals surface area contributed by atoms with Crippen LogP contribution in [0.5, 0.6) is 5.75 Å². The lowest BCUT2D eigenvalue weighted by Crippen LogP contribution is -2.10. The van der Waals surface area contributed by atoms with Crippen molar-refractivity contribution in [2.24, 2.45) is 5.10 Å². The lowest BCUT2D eigenvalue weighted by molar-refractivity contribution is -0.385. The second-order valence-corrected chi connectivity index (χ2v) is 4.66. The first kappa shape index (κ1) is 15.4. The number of nitrogens with one attached hydrogen (secondary N) is 2. The molecule has 2 rings (SSSR count). The van der Waals surface area contributed by atoms with Crippen LogP contribution in [0.15, 0.2) is 28.1 Å².